The molecule has 1 aromatic carbocycles. The third kappa shape index (κ3) is 3.18. The largest absolute Gasteiger partial charge is 0.300 e. The highest BCUT2D eigenvalue weighted by Gasteiger charge is 2.23. The first-order chi connectivity index (χ1) is 9.11. The van der Waals surface area contributed by atoms with Crippen LogP contribution in [0.25, 0.3) is 0 Å². The first-order valence-corrected chi connectivity index (χ1v) is 6.51. The molecule has 0 atom stereocenters. The molecule has 0 unspecified atom stereocenters. The molecule has 0 N–H and O–H groups in total. The molecule has 0 amide bonds. The van der Waals surface area contributed by atoms with Crippen LogP contribution in [0.1, 0.15) is 36.8 Å². The second-order valence-electron chi connectivity index (χ2n) is 5.08. The second-order valence-corrected chi connectivity index (χ2v) is 5.08. The first kappa shape index (κ1) is 13.7. The molecule has 0 radical (unpaired) electrons. The Balaban J connectivity index is 2.05. The Bertz CT molecular complexity index is 511. The van der Waals surface area contributed by atoms with E-state index in [9.17, 15) is 9.18 Å². The zero-order chi connectivity index (χ0) is 13.8. The van der Waals surface area contributed by atoms with Crippen LogP contribution in [0.4, 0.5) is 4.39 Å². The molecule has 0 heterocycles. The van der Waals surface area contributed by atoms with Gasteiger partial charge in [-0.3, -0.25) is 9.69 Å². The van der Waals surface area contributed by atoms with E-state index in [1.807, 2.05) is 13.1 Å². The van der Waals surface area contributed by atoms with Crippen LogP contribution in [0.2, 0.25) is 0 Å². The van der Waals surface area contributed by atoms with Gasteiger partial charge >= 0.3 is 0 Å². The molecule has 4 heteroatoms. The van der Waals surface area contributed by atoms with Crippen molar-refractivity contribution in [3.63, 3.8) is 0 Å². The summed E-state index contributed by atoms with van der Waals surface area (Å²) in [7, 11) is 1.94. The van der Waals surface area contributed by atoms with Gasteiger partial charge in [0.1, 0.15) is 17.7 Å². The van der Waals surface area contributed by atoms with Crippen molar-refractivity contribution in [2.45, 2.75) is 38.3 Å². The molecule has 1 saturated carbocycles. The highest BCUT2D eigenvalue weighted by molar-refractivity contribution is 5.79. The molecule has 100 valence electrons. The smallest absolute Gasteiger partial charge is 0.145 e. The number of hydrogen-bond donors (Lipinski definition) is 0. The summed E-state index contributed by atoms with van der Waals surface area (Å²) in [6, 6.07) is 7.07. The minimum atomic E-state index is -0.427. The molecule has 1 aromatic rings. The maximum atomic E-state index is 14.0. The summed E-state index contributed by atoms with van der Waals surface area (Å²) in [6.07, 6.45) is 2.93. The van der Waals surface area contributed by atoms with Crippen molar-refractivity contribution in [1.29, 1.82) is 5.26 Å². The number of carbonyl (C=O) groups is 1. The van der Waals surface area contributed by atoms with E-state index in [0.29, 0.717) is 36.8 Å². The number of Topliss-reactive ketones (excluding diaryl/α,β-unsaturated/α-hetero) is 1. The molecule has 19 heavy (non-hydrogen) atoms. The second kappa shape index (κ2) is 5.94. The molecule has 0 saturated heterocycles. The van der Waals surface area contributed by atoms with Crippen LogP contribution in [-0.4, -0.2) is 23.8 Å². The van der Waals surface area contributed by atoms with Crippen LogP contribution in [0.5, 0.6) is 0 Å². The average molecular weight is 260 g/mol. The van der Waals surface area contributed by atoms with E-state index in [1.165, 1.54) is 6.07 Å². The van der Waals surface area contributed by atoms with Gasteiger partial charge in [0.15, 0.2) is 0 Å². The summed E-state index contributed by atoms with van der Waals surface area (Å²) in [5.74, 6) is -0.106. The van der Waals surface area contributed by atoms with E-state index in [1.54, 1.807) is 12.1 Å². The summed E-state index contributed by atoms with van der Waals surface area (Å²) in [4.78, 5) is 13.3. The fourth-order valence-corrected chi connectivity index (χ4v) is 2.55. The third-order valence-electron chi connectivity index (χ3n) is 3.76. The Labute approximate surface area is 112 Å². The molecular weight excluding hydrogens is 243 g/mol. The summed E-state index contributed by atoms with van der Waals surface area (Å²) in [5.41, 5.74) is 0.628. The number of hydrogen-bond acceptors (Lipinski definition) is 3. The Kier molecular flexibility index (Phi) is 4.28. The van der Waals surface area contributed by atoms with Gasteiger partial charge in [0, 0.05) is 31.0 Å². The van der Waals surface area contributed by atoms with E-state index in [0.717, 1.165) is 12.8 Å². The van der Waals surface area contributed by atoms with Crippen molar-refractivity contribution in [3.05, 3.63) is 35.1 Å². The Morgan fingerprint density at radius 2 is 2.11 bits per heavy atom. The molecule has 0 aliphatic heterocycles. The topological polar surface area (TPSA) is 44.1 Å². The Morgan fingerprint density at radius 1 is 1.42 bits per heavy atom. The molecule has 0 bridgehead atoms. The lowest BCUT2D eigenvalue weighted by Gasteiger charge is -2.30. The zero-order valence-electron chi connectivity index (χ0n) is 11.0. The van der Waals surface area contributed by atoms with E-state index < -0.39 is 5.82 Å². The number of nitrogens with zero attached hydrogens (tertiary/aromatic N) is 2. The van der Waals surface area contributed by atoms with E-state index >= 15 is 0 Å². The fraction of sp³-hybridized carbons (Fsp3) is 0.467. The molecule has 2 rings (SSSR count). The van der Waals surface area contributed by atoms with Crippen LogP contribution in [0.3, 0.4) is 0 Å². The van der Waals surface area contributed by atoms with Gasteiger partial charge in [0.2, 0.25) is 0 Å². The summed E-state index contributed by atoms with van der Waals surface area (Å²) in [6.45, 7) is 0.472. The lowest BCUT2D eigenvalue weighted by atomic mass is 9.93. The average Bonchev–Trinajstić information content (AvgIpc) is 2.42. The van der Waals surface area contributed by atoms with Gasteiger partial charge in [-0.05, 0) is 26.0 Å². The number of rotatable bonds is 3. The summed E-state index contributed by atoms with van der Waals surface area (Å²) in [5, 5.41) is 8.81. The quantitative estimate of drug-likeness (QED) is 0.839. The molecule has 1 aliphatic rings. The fourth-order valence-electron chi connectivity index (χ4n) is 2.55. The number of ketones is 1. The van der Waals surface area contributed by atoms with Crippen molar-refractivity contribution in [1.82, 2.24) is 4.90 Å². The van der Waals surface area contributed by atoms with Crippen molar-refractivity contribution < 1.29 is 9.18 Å². The maximum Gasteiger partial charge on any atom is 0.145 e. The van der Waals surface area contributed by atoms with Crippen LogP contribution < -0.4 is 0 Å². The van der Waals surface area contributed by atoms with Crippen molar-refractivity contribution in [2.75, 3.05) is 7.05 Å². The molecule has 1 aliphatic carbocycles. The normalized spacial score (nSPS) is 16.6. The van der Waals surface area contributed by atoms with E-state index in [2.05, 4.69) is 4.90 Å². The lowest BCUT2D eigenvalue weighted by Crippen LogP contribution is -2.35. The predicted molar refractivity (Wildman–Crippen MR) is 69.8 cm³/mol. The summed E-state index contributed by atoms with van der Waals surface area (Å²) < 4.78 is 14.0. The van der Waals surface area contributed by atoms with E-state index in [4.69, 9.17) is 5.26 Å². The third-order valence-corrected chi connectivity index (χ3v) is 3.76. The lowest BCUT2D eigenvalue weighted by molar-refractivity contribution is -0.121. The van der Waals surface area contributed by atoms with E-state index in [-0.39, 0.29) is 5.56 Å². The first-order valence-electron chi connectivity index (χ1n) is 6.51. The predicted octanol–water partition coefficient (Wildman–Crippen LogP) is 2.64. The standard InChI is InChI=1S/C15H17FN2O/c1-18(13-5-7-14(19)8-6-13)10-12-4-2-3-11(9-17)15(12)16/h2-4,13H,5-8,10H2,1H3. The Morgan fingerprint density at radius 3 is 2.74 bits per heavy atom. The molecule has 0 spiro atoms. The number of halogens is 1. The monoisotopic (exact) mass is 260 g/mol. The highest BCUT2D eigenvalue weighted by Crippen LogP contribution is 2.22. The summed E-state index contributed by atoms with van der Waals surface area (Å²) >= 11 is 0. The molecule has 3 nitrogen and oxygen atoms in total. The highest BCUT2D eigenvalue weighted by atomic mass is 19.1. The van der Waals surface area contributed by atoms with Gasteiger partial charge in [0.25, 0.3) is 0 Å². The van der Waals surface area contributed by atoms with Gasteiger partial charge in [-0.15, -0.1) is 0 Å². The van der Waals surface area contributed by atoms with Gasteiger partial charge in [0.05, 0.1) is 5.56 Å². The van der Waals surface area contributed by atoms with Crippen molar-refractivity contribution in [2.24, 2.45) is 0 Å². The SMILES string of the molecule is CN(Cc1cccc(C#N)c1F)C1CCC(=O)CC1. The molecule has 0 aromatic heterocycles. The number of benzene rings is 1. The minimum Gasteiger partial charge on any atom is -0.300 e. The van der Waals surface area contributed by atoms with Gasteiger partial charge in [-0.25, -0.2) is 4.39 Å². The van der Waals surface area contributed by atoms with Gasteiger partial charge in [-0.1, -0.05) is 12.1 Å². The van der Waals surface area contributed by atoms with Gasteiger partial charge in [-0.2, -0.15) is 5.26 Å². The molecule has 1 fully saturated rings. The van der Waals surface area contributed by atoms with Crippen LogP contribution in [0, 0.1) is 17.1 Å². The van der Waals surface area contributed by atoms with Crippen LogP contribution in [-0.2, 0) is 11.3 Å². The Hall–Kier alpha value is -1.73. The maximum absolute atomic E-state index is 14.0. The minimum absolute atomic E-state index is 0.0877. The zero-order valence-corrected chi connectivity index (χ0v) is 11.0. The number of carbonyl (C=O) groups excluding carboxylic acids is 1. The number of nitriles is 1. The van der Waals surface area contributed by atoms with Crippen LogP contribution in [0.15, 0.2) is 18.2 Å². The van der Waals surface area contributed by atoms with Crippen molar-refractivity contribution >= 4 is 5.78 Å². The van der Waals surface area contributed by atoms with Crippen molar-refractivity contribution in [3.8, 4) is 6.07 Å². The van der Waals surface area contributed by atoms with Gasteiger partial charge < -0.3 is 0 Å². The molecular formula is C15H17FN2O. The van der Waals surface area contributed by atoms with Crippen LogP contribution >= 0.6 is 0 Å².